The number of nitrogens with zero attached hydrogens (tertiary/aromatic N) is 1. The number of hydrogen-bond acceptors (Lipinski definition) is 4. The maximum atomic E-state index is 12.1. The predicted octanol–water partition coefficient (Wildman–Crippen LogP) is 3.54. The number of nitro benzene ring substituents is 1. The van der Waals surface area contributed by atoms with Crippen LogP contribution in [0.5, 0.6) is 5.75 Å². The Morgan fingerprint density at radius 1 is 1.43 bits per heavy atom. The second-order valence-electron chi connectivity index (χ2n) is 5.67. The topological polar surface area (TPSA) is 69.4 Å². The lowest BCUT2D eigenvalue weighted by Gasteiger charge is -2.27. The van der Waals surface area contributed by atoms with E-state index in [9.17, 15) is 14.9 Å². The first-order valence-electron chi connectivity index (χ1n) is 7.39. The molecule has 0 N–H and O–H groups in total. The monoisotopic (exact) mass is 291 g/mol. The van der Waals surface area contributed by atoms with Gasteiger partial charge in [-0.05, 0) is 31.2 Å². The van der Waals surface area contributed by atoms with E-state index >= 15 is 0 Å². The molecule has 1 aliphatic rings. The van der Waals surface area contributed by atoms with E-state index in [1.165, 1.54) is 12.1 Å². The average molecular weight is 291 g/mol. The third kappa shape index (κ3) is 3.60. The molecule has 0 radical (unpaired) electrons. The molecule has 0 spiro atoms. The molecule has 0 amide bonds. The van der Waals surface area contributed by atoms with Gasteiger partial charge in [-0.25, -0.2) is 0 Å². The number of carbonyl (C=O) groups is 1. The first-order valence-corrected chi connectivity index (χ1v) is 7.39. The Balaban J connectivity index is 2.22. The van der Waals surface area contributed by atoms with Crippen molar-refractivity contribution in [3.8, 4) is 5.75 Å². The summed E-state index contributed by atoms with van der Waals surface area (Å²) in [5.41, 5.74) is 0.794. The van der Waals surface area contributed by atoms with Crippen molar-refractivity contribution < 1.29 is 14.5 Å². The molecule has 1 aliphatic carbocycles. The number of carbonyl (C=O) groups excluding carboxylic acids is 1. The Kier molecular flexibility index (Phi) is 4.94. The zero-order chi connectivity index (χ0) is 15.4. The molecule has 0 heterocycles. The molecule has 0 saturated heterocycles. The first kappa shape index (κ1) is 15.5. The molecule has 1 aromatic carbocycles. The highest BCUT2D eigenvalue weighted by atomic mass is 16.6. The molecule has 1 fully saturated rings. The summed E-state index contributed by atoms with van der Waals surface area (Å²) in [5, 5.41) is 10.9. The Hall–Kier alpha value is -1.91. The molecule has 1 saturated carbocycles. The van der Waals surface area contributed by atoms with Crippen LogP contribution in [-0.4, -0.2) is 17.8 Å². The Morgan fingerprint density at radius 2 is 2.19 bits per heavy atom. The minimum absolute atomic E-state index is 0.0420. The van der Waals surface area contributed by atoms with E-state index in [2.05, 4.69) is 6.92 Å². The molecule has 21 heavy (non-hydrogen) atoms. The molecular formula is C16H21NO4. The molecule has 2 atom stereocenters. The molecule has 114 valence electrons. The van der Waals surface area contributed by atoms with Crippen LogP contribution in [0.25, 0.3) is 0 Å². The van der Waals surface area contributed by atoms with Gasteiger partial charge in [0, 0.05) is 30.0 Å². The number of ether oxygens (including phenoxy) is 1. The van der Waals surface area contributed by atoms with E-state index in [4.69, 9.17) is 4.74 Å². The van der Waals surface area contributed by atoms with Gasteiger partial charge in [0.15, 0.2) is 0 Å². The number of rotatable bonds is 5. The minimum Gasteiger partial charge on any atom is -0.496 e. The van der Waals surface area contributed by atoms with Gasteiger partial charge in [-0.3, -0.25) is 14.9 Å². The third-order valence-electron chi connectivity index (χ3n) is 4.39. The van der Waals surface area contributed by atoms with Gasteiger partial charge in [-0.2, -0.15) is 0 Å². The third-order valence-corrected chi connectivity index (χ3v) is 4.39. The summed E-state index contributed by atoms with van der Waals surface area (Å²) in [6, 6.07) is 4.57. The molecule has 2 rings (SSSR count). The number of benzene rings is 1. The van der Waals surface area contributed by atoms with Crippen LogP contribution in [0, 0.1) is 22.0 Å². The van der Waals surface area contributed by atoms with Gasteiger partial charge >= 0.3 is 0 Å². The van der Waals surface area contributed by atoms with E-state index in [0.717, 1.165) is 24.8 Å². The first-order chi connectivity index (χ1) is 10.0. The molecule has 5 heteroatoms. The van der Waals surface area contributed by atoms with Gasteiger partial charge in [0.05, 0.1) is 12.0 Å². The number of methoxy groups -OCH3 is 1. The lowest BCUT2D eigenvalue weighted by molar-refractivity contribution is -0.384. The summed E-state index contributed by atoms with van der Waals surface area (Å²) in [6.07, 6.45) is 4.08. The highest BCUT2D eigenvalue weighted by Gasteiger charge is 2.29. The second kappa shape index (κ2) is 6.70. The Morgan fingerprint density at radius 3 is 2.81 bits per heavy atom. The van der Waals surface area contributed by atoms with E-state index in [-0.39, 0.29) is 17.4 Å². The fraction of sp³-hybridized carbons (Fsp3) is 0.562. The molecule has 0 aromatic heterocycles. The van der Waals surface area contributed by atoms with Crippen LogP contribution < -0.4 is 4.74 Å². The quantitative estimate of drug-likeness (QED) is 0.614. The van der Waals surface area contributed by atoms with Crippen LogP contribution in [-0.2, 0) is 11.2 Å². The van der Waals surface area contributed by atoms with Gasteiger partial charge in [-0.1, -0.05) is 13.3 Å². The fourth-order valence-corrected chi connectivity index (χ4v) is 3.07. The summed E-state index contributed by atoms with van der Waals surface area (Å²) < 4.78 is 5.28. The van der Waals surface area contributed by atoms with Crippen molar-refractivity contribution in [2.24, 2.45) is 11.8 Å². The maximum absolute atomic E-state index is 12.1. The van der Waals surface area contributed by atoms with E-state index < -0.39 is 4.92 Å². The van der Waals surface area contributed by atoms with Crippen LogP contribution >= 0.6 is 0 Å². The SMILES string of the molecule is CCC1CCC(=O)C(Cc2cc([N+](=O)[O-])ccc2OC)C1. The van der Waals surface area contributed by atoms with E-state index in [0.29, 0.717) is 24.5 Å². The van der Waals surface area contributed by atoms with Gasteiger partial charge in [0.1, 0.15) is 11.5 Å². The van der Waals surface area contributed by atoms with Crippen molar-refractivity contribution in [3.63, 3.8) is 0 Å². The Bertz CT molecular complexity index is 541. The summed E-state index contributed by atoms with van der Waals surface area (Å²) in [4.78, 5) is 22.6. The zero-order valence-electron chi connectivity index (χ0n) is 12.5. The normalized spacial score (nSPS) is 22.1. The smallest absolute Gasteiger partial charge is 0.269 e. The van der Waals surface area contributed by atoms with E-state index in [1.54, 1.807) is 13.2 Å². The van der Waals surface area contributed by atoms with Gasteiger partial charge in [-0.15, -0.1) is 0 Å². The maximum Gasteiger partial charge on any atom is 0.269 e. The van der Waals surface area contributed by atoms with Gasteiger partial charge in [0.25, 0.3) is 5.69 Å². The van der Waals surface area contributed by atoms with Crippen molar-refractivity contribution in [2.75, 3.05) is 7.11 Å². The summed E-state index contributed by atoms with van der Waals surface area (Å²) in [6.45, 7) is 2.14. The summed E-state index contributed by atoms with van der Waals surface area (Å²) >= 11 is 0. The zero-order valence-corrected chi connectivity index (χ0v) is 12.5. The van der Waals surface area contributed by atoms with Crippen molar-refractivity contribution in [1.82, 2.24) is 0 Å². The fourth-order valence-electron chi connectivity index (χ4n) is 3.07. The summed E-state index contributed by atoms with van der Waals surface area (Å²) in [7, 11) is 1.54. The predicted molar refractivity (Wildman–Crippen MR) is 79.5 cm³/mol. The van der Waals surface area contributed by atoms with Crippen LogP contribution in [0.4, 0.5) is 5.69 Å². The van der Waals surface area contributed by atoms with Crippen molar-refractivity contribution >= 4 is 11.5 Å². The van der Waals surface area contributed by atoms with Gasteiger partial charge < -0.3 is 4.74 Å². The molecule has 0 aliphatic heterocycles. The number of non-ortho nitro benzene ring substituents is 1. The molecular weight excluding hydrogens is 270 g/mol. The van der Waals surface area contributed by atoms with Crippen LogP contribution in [0.15, 0.2) is 18.2 Å². The molecule has 2 unspecified atom stereocenters. The summed E-state index contributed by atoms with van der Waals surface area (Å²) in [5.74, 6) is 1.43. The van der Waals surface area contributed by atoms with Crippen molar-refractivity contribution in [1.29, 1.82) is 0 Å². The van der Waals surface area contributed by atoms with Crippen molar-refractivity contribution in [3.05, 3.63) is 33.9 Å². The largest absolute Gasteiger partial charge is 0.496 e. The van der Waals surface area contributed by atoms with Crippen LogP contribution in [0.2, 0.25) is 0 Å². The van der Waals surface area contributed by atoms with Crippen molar-refractivity contribution in [2.45, 2.75) is 39.0 Å². The minimum atomic E-state index is -0.416. The van der Waals surface area contributed by atoms with Gasteiger partial charge in [0.2, 0.25) is 0 Å². The number of hydrogen-bond donors (Lipinski definition) is 0. The Labute approximate surface area is 124 Å². The second-order valence-corrected chi connectivity index (χ2v) is 5.67. The number of Topliss-reactive ketones (excluding diaryl/α,β-unsaturated/α-hetero) is 1. The average Bonchev–Trinajstić information content (AvgIpc) is 2.49. The molecule has 5 nitrogen and oxygen atoms in total. The lowest BCUT2D eigenvalue weighted by Crippen LogP contribution is -2.26. The van der Waals surface area contributed by atoms with Crippen LogP contribution in [0.1, 0.15) is 38.2 Å². The highest BCUT2D eigenvalue weighted by molar-refractivity contribution is 5.82. The number of nitro groups is 1. The highest BCUT2D eigenvalue weighted by Crippen LogP contribution is 2.34. The number of ketones is 1. The molecule has 0 bridgehead atoms. The standard InChI is InChI=1S/C16H21NO4/c1-3-11-4-6-15(18)12(8-11)9-13-10-14(17(19)20)5-7-16(13)21-2/h5,7,10-12H,3-4,6,8-9H2,1-2H3. The molecule has 1 aromatic rings. The van der Waals surface area contributed by atoms with Crippen LogP contribution in [0.3, 0.4) is 0 Å². The lowest BCUT2D eigenvalue weighted by atomic mass is 9.76. The van der Waals surface area contributed by atoms with E-state index in [1.807, 2.05) is 0 Å².